The van der Waals surface area contributed by atoms with E-state index in [1.54, 1.807) is 30.3 Å². The number of hydrogen-bond donors (Lipinski definition) is 4. The molecule has 4 aromatic rings. The molecule has 0 bridgehead atoms. The maximum atomic E-state index is 12.2. The van der Waals surface area contributed by atoms with Crippen molar-refractivity contribution in [1.82, 2.24) is 15.0 Å². The number of aromatic nitrogens is 3. The number of aromatic hydroxyl groups is 1. The zero-order valence-electron chi connectivity index (χ0n) is 17.4. The summed E-state index contributed by atoms with van der Waals surface area (Å²) in [6.45, 7) is 0. The predicted molar refractivity (Wildman–Crippen MR) is 130 cm³/mol. The third-order valence-corrected chi connectivity index (χ3v) is 6.17. The van der Waals surface area contributed by atoms with Gasteiger partial charge in [-0.3, -0.25) is 4.55 Å². The van der Waals surface area contributed by atoms with Gasteiger partial charge in [0, 0.05) is 10.3 Å². The largest absolute Gasteiger partial charge is 0.505 e. The van der Waals surface area contributed by atoms with Crippen LogP contribution in [-0.2, 0) is 19.5 Å². The van der Waals surface area contributed by atoms with Crippen LogP contribution in [0.5, 0.6) is 5.75 Å². The Morgan fingerprint density at radius 2 is 1.69 bits per heavy atom. The van der Waals surface area contributed by atoms with Gasteiger partial charge in [-0.05, 0) is 58.9 Å². The molecule has 0 radical (unpaired) electrons. The Labute approximate surface area is 216 Å². The third kappa shape index (κ3) is 5.97. The molecule has 0 unspecified atom stereocenters. The number of nitrogens with zero attached hydrogens (tertiary/aromatic N) is 5. The molecule has 4 rings (SSSR count). The number of benzene rings is 3. The Balaban J connectivity index is 1.97. The van der Waals surface area contributed by atoms with Gasteiger partial charge in [-0.25, -0.2) is 5.26 Å². The van der Waals surface area contributed by atoms with Crippen molar-refractivity contribution < 1.29 is 32.7 Å². The van der Waals surface area contributed by atoms with Crippen molar-refractivity contribution in [2.45, 2.75) is 9.79 Å². The molecule has 4 N–H and O–H groups in total. The van der Waals surface area contributed by atoms with E-state index in [1.807, 2.05) is 0 Å². The summed E-state index contributed by atoms with van der Waals surface area (Å²) in [5, 5.41) is 33.5. The lowest BCUT2D eigenvalue weighted by atomic mass is 10.1. The normalized spacial score (nSPS) is 11.9. The second-order valence-electron chi connectivity index (χ2n) is 6.70. The highest BCUT2D eigenvalue weighted by Gasteiger charge is 2.24. The summed E-state index contributed by atoms with van der Waals surface area (Å²) >= 11 is 12.2. The number of azo groups is 1. The number of hydrogen-bond acceptors (Lipinski definition) is 13. The average molecular weight is 571 g/mol. The molecule has 13 nitrogen and oxygen atoms in total. The predicted octanol–water partition coefficient (Wildman–Crippen LogP) is 5.87. The molecule has 0 saturated carbocycles. The van der Waals surface area contributed by atoms with Crippen LogP contribution < -0.4 is 5.32 Å². The molecule has 186 valence electrons. The number of fused-ring (bicyclic) bond motifs is 1. The molecule has 0 atom stereocenters. The van der Waals surface area contributed by atoms with Gasteiger partial charge in [-0.1, -0.05) is 23.2 Å². The van der Waals surface area contributed by atoms with Gasteiger partial charge in [0.25, 0.3) is 10.1 Å². The molecule has 0 fully saturated rings. The molecule has 36 heavy (non-hydrogen) atoms. The van der Waals surface area contributed by atoms with Gasteiger partial charge in [0.05, 0.1) is 23.4 Å². The molecule has 0 saturated heterocycles. The SMILES string of the molecule is O=S(=O)(O)c1cc2cc(SOOO)cc(Nc3nc(Cl)nc(Cl)n3)c2c(O)c1N=Nc1ccccc1. The Hall–Kier alpha value is -3.15. The monoisotopic (exact) mass is 570 g/mol. The van der Waals surface area contributed by atoms with Crippen molar-refractivity contribution in [3.63, 3.8) is 0 Å². The summed E-state index contributed by atoms with van der Waals surface area (Å²) in [6.07, 6.45) is 0. The lowest BCUT2D eigenvalue weighted by Gasteiger charge is -2.15. The van der Waals surface area contributed by atoms with E-state index in [2.05, 4.69) is 39.9 Å². The second-order valence-corrected chi connectivity index (χ2v) is 9.54. The van der Waals surface area contributed by atoms with Crippen LogP contribution in [-0.4, -0.2) is 38.3 Å². The second kappa shape index (κ2) is 10.9. The molecule has 3 aromatic carbocycles. The van der Waals surface area contributed by atoms with Crippen LogP contribution in [0, 0.1) is 0 Å². The van der Waals surface area contributed by atoms with Crippen LogP contribution in [0.1, 0.15) is 0 Å². The van der Waals surface area contributed by atoms with E-state index in [1.165, 1.54) is 12.1 Å². The van der Waals surface area contributed by atoms with E-state index in [0.29, 0.717) is 17.7 Å². The van der Waals surface area contributed by atoms with Crippen LogP contribution >= 0.6 is 35.2 Å². The first-order valence-corrected chi connectivity index (χ1v) is 12.4. The molecule has 17 heteroatoms. The summed E-state index contributed by atoms with van der Waals surface area (Å²) in [4.78, 5) is 11.0. The zero-order chi connectivity index (χ0) is 25.9. The molecule has 0 aliphatic carbocycles. The summed E-state index contributed by atoms with van der Waals surface area (Å²) < 4.78 is 38.6. The highest BCUT2D eigenvalue weighted by Crippen LogP contribution is 2.46. The van der Waals surface area contributed by atoms with Gasteiger partial charge in [0.1, 0.15) is 10.6 Å². The van der Waals surface area contributed by atoms with Gasteiger partial charge in [0.2, 0.25) is 16.5 Å². The Kier molecular flexibility index (Phi) is 7.82. The Morgan fingerprint density at radius 3 is 2.33 bits per heavy atom. The summed E-state index contributed by atoms with van der Waals surface area (Å²) in [6, 6.07) is 12.2. The van der Waals surface area contributed by atoms with Gasteiger partial charge in [-0.15, -0.1) is 9.45 Å². The van der Waals surface area contributed by atoms with Crippen molar-refractivity contribution >= 4 is 79.1 Å². The molecular weight excluding hydrogens is 559 g/mol. The van der Waals surface area contributed by atoms with Crippen molar-refractivity contribution in [2.24, 2.45) is 10.2 Å². The fraction of sp³-hybridized carbons (Fsp3) is 0. The quantitative estimate of drug-likeness (QED) is 0.0648. The highest BCUT2D eigenvalue weighted by atomic mass is 35.5. The molecule has 0 amide bonds. The number of nitrogens with one attached hydrogen (secondary N) is 1. The van der Waals surface area contributed by atoms with Crippen molar-refractivity contribution in [3.8, 4) is 5.75 Å². The summed E-state index contributed by atoms with van der Waals surface area (Å²) in [5.74, 6) is -0.766. The van der Waals surface area contributed by atoms with Gasteiger partial charge >= 0.3 is 0 Å². The minimum Gasteiger partial charge on any atom is -0.505 e. The fourth-order valence-electron chi connectivity index (χ4n) is 3.06. The van der Waals surface area contributed by atoms with Crippen LogP contribution in [0.15, 0.2) is 68.6 Å². The molecule has 0 aliphatic rings. The van der Waals surface area contributed by atoms with Gasteiger partial charge < -0.3 is 10.4 Å². The average Bonchev–Trinajstić information content (AvgIpc) is 2.81. The van der Waals surface area contributed by atoms with E-state index in [4.69, 9.17) is 28.5 Å². The lowest BCUT2D eigenvalue weighted by Crippen LogP contribution is -2.02. The molecule has 0 aliphatic heterocycles. The van der Waals surface area contributed by atoms with E-state index in [9.17, 15) is 18.1 Å². The van der Waals surface area contributed by atoms with E-state index < -0.39 is 26.5 Å². The standard InChI is InChI=1S/C19H12Cl2N6O7S2/c20-17-23-18(21)25-19(24-17)22-12-8-11(35-34-33-29)6-9-7-13(36(30,31)32)15(16(28)14(9)12)27-26-10-4-2-1-3-5-10/h1-8,28-29H,(H,30,31,32)(H,22,23,24,25). The molecular formula is C19H12Cl2N6O7S2. The van der Waals surface area contributed by atoms with Crippen molar-refractivity contribution in [2.75, 3.05) is 5.32 Å². The number of phenolic OH excluding ortho intramolecular Hbond substituents is 1. The smallest absolute Gasteiger partial charge is 0.296 e. The van der Waals surface area contributed by atoms with Crippen LogP contribution in [0.4, 0.5) is 23.0 Å². The molecule has 0 spiro atoms. The number of anilines is 2. The first-order chi connectivity index (χ1) is 17.2. The highest BCUT2D eigenvalue weighted by molar-refractivity contribution is 7.94. The van der Waals surface area contributed by atoms with E-state index in [0.717, 1.165) is 6.07 Å². The maximum absolute atomic E-state index is 12.2. The zero-order valence-corrected chi connectivity index (χ0v) is 20.5. The van der Waals surface area contributed by atoms with Crippen LogP contribution in [0.2, 0.25) is 10.6 Å². The third-order valence-electron chi connectivity index (χ3n) is 4.41. The van der Waals surface area contributed by atoms with Crippen LogP contribution in [0.25, 0.3) is 10.8 Å². The summed E-state index contributed by atoms with van der Waals surface area (Å²) in [5.41, 5.74) is -0.0663. The van der Waals surface area contributed by atoms with Crippen LogP contribution in [0.3, 0.4) is 0 Å². The minimum atomic E-state index is -4.87. The minimum absolute atomic E-state index is 0.0336. The first kappa shape index (κ1) is 25.9. The van der Waals surface area contributed by atoms with Crippen molar-refractivity contribution in [3.05, 3.63) is 59.1 Å². The maximum Gasteiger partial charge on any atom is 0.296 e. The lowest BCUT2D eigenvalue weighted by molar-refractivity contribution is -0.432. The van der Waals surface area contributed by atoms with E-state index >= 15 is 0 Å². The Bertz CT molecular complexity index is 1560. The van der Waals surface area contributed by atoms with Gasteiger partial charge in [-0.2, -0.15) is 28.5 Å². The summed E-state index contributed by atoms with van der Waals surface area (Å²) in [7, 11) is -4.87. The number of halogens is 2. The number of phenols is 1. The molecule has 1 aromatic heterocycles. The first-order valence-electron chi connectivity index (χ1n) is 9.42. The fourth-order valence-corrected chi connectivity index (χ4v) is 4.53. The van der Waals surface area contributed by atoms with Gasteiger partial charge in [0.15, 0.2) is 5.75 Å². The van der Waals surface area contributed by atoms with Crippen molar-refractivity contribution in [1.29, 1.82) is 0 Å². The molecule has 1 heterocycles. The Morgan fingerprint density at radius 1 is 1.00 bits per heavy atom. The number of rotatable bonds is 8. The van der Waals surface area contributed by atoms with E-state index in [-0.39, 0.29) is 37.9 Å². The topological polar surface area (TPSA) is 189 Å².